The van der Waals surface area contributed by atoms with Crippen LogP contribution in [0.2, 0.25) is 0 Å². The van der Waals surface area contributed by atoms with Crippen LogP contribution in [0.25, 0.3) is 0 Å². The number of amides is 1. The van der Waals surface area contributed by atoms with Crippen LogP contribution in [0.3, 0.4) is 0 Å². The van der Waals surface area contributed by atoms with Crippen molar-refractivity contribution in [3.8, 4) is 0 Å². The highest BCUT2D eigenvalue weighted by molar-refractivity contribution is 5.76. The quantitative estimate of drug-likeness (QED) is 0.842. The Bertz CT molecular complexity index is 589. The Morgan fingerprint density at radius 2 is 2.00 bits per heavy atom. The fraction of sp³-hybridized carbons (Fsp3) is 0.842. The highest BCUT2D eigenvalue weighted by Gasteiger charge is 2.40. The molecule has 1 amide bonds. The highest BCUT2D eigenvalue weighted by Crippen LogP contribution is 2.40. The zero-order valence-corrected chi connectivity index (χ0v) is 14.8. The number of rotatable bonds is 4. The maximum absolute atomic E-state index is 12.8. The van der Waals surface area contributed by atoms with Crippen LogP contribution >= 0.6 is 0 Å². The molecule has 1 aromatic rings. The Balaban J connectivity index is 1.40. The summed E-state index contributed by atoms with van der Waals surface area (Å²) >= 11 is 0. The molecule has 3 fully saturated rings. The Hall–Kier alpha value is -1.39. The van der Waals surface area contributed by atoms with Crippen LogP contribution in [0.4, 0.5) is 0 Å². The smallest absolute Gasteiger partial charge is 0.234 e. The zero-order chi connectivity index (χ0) is 16.6. The van der Waals surface area contributed by atoms with Crippen molar-refractivity contribution >= 4 is 5.91 Å². The molecule has 24 heavy (non-hydrogen) atoms. The van der Waals surface area contributed by atoms with E-state index in [4.69, 9.17) is 4.52 Å². The molecule has 0 unspecified atom stereocenters. The van der Waals surface area contributed by atoms with Crippen molar-refractivity contribution in [1.29, 1.82) is 0 Å². The molecule has 2 heterocycles. The summed E-state index contributed by atoms with van der Waals surface area (Å²) in [6, 6.07) is 0. The van der Waals surface area contributed by atoms with Gasteiger partial charge < -0.3 is 9.42 Å². The first-order chi connectivity index (χ1) is 11.6. The van der Waals surface area contributed by atoms with Gasteiger partial charge in [-0.15, -0.1) is 0 Å². The molecule has 1 aromatic heterocycles. The molecule has 0 N–H and O–H groups in total. The molecule has 5 nitrogen and oxygen atoms in total. The van der Waals surface area contributed by atoms with Crippen LogP contribution in [0, 0.1) is 5.92 Å². The van der Waals surface area contributed by atoms with Gasteiger partial charge in [-0.3, -0.25) is 4.79 Å². The van der Waals surface area contributed by atoms with Crippen LogP contribution in [-0.2, 0) is 10.2 Å². The van der Waals surface area contributed by atoms with E-state index in [0.29, 0.717) is 17.7 Å². The Labute approximate surface area is 144 Å². The number of hydrogen-bond donors (Lipinski definition) is 0. The van der Waals surface area contributed by atoms with Gasteiger partial charge in [-0.25, -0.2) is 0 Å². The molecule has 1 saturated heterocycles. The van der Waals surface area contributed by atoms with Gasteiger partial charge in [0.2, 0.25) is 11.8 Å². The van der Waals surface area contributed by atoms with Gasteiger partial charge in [0.1, 0.15) is 0 Å². The fourth-order valence-corrected chi connectivity index (χ4v) is 4.38. The molecular weight excluding hydrogens is 302 g/mol. The maximum atomic E-state index is 12.8. The van der Waals surface area contributed by atoms with Crippen molar-refractivity contribution in [1.82, 2.24) is 15.0 Å². The van der Waals surface area contributed by atoms with Crippen molar-refractivity contribution in [3.63, 3.8) is 0 Å². The largest absolute Gasteiger partial charge is 0.342 e. The average molecular weight is 331 g/mol. The van der Waals surface area contributed by atoms with Gasteiger partial charge in [0.25, 0.3) is 0 Å². The van der Waals surface area contributed by atoms with Crippen LogP contribution < -0.4 is 0 Å². The van der Waals surface area contributed by atoms with Crippen LogP contribution in [0.5, 0.6) is 0 Å². The summed E-state index contributed by atoms with van der Waals surface area (Å²) in [5.41, 5.74) is -0.180. The van der Waals surface area contributed by atoms with E-state index in [-0.39, 0.29) is 5.41 Å². The average Bonchev–Trinajstić information content (AvgIpc) is 3.32. The standard InChI is InChI=1S/C19H29N3O2/c1-19(18-20-17(21-24-18)15-8-9-15)10-5-11-22(13-19)16(23)12-14-6-3-2-4-7-14/h14-15H,2-13H2,1H3/t19-/m0/s1. The second-order valence-electron chi connectivity index (χ2n) is 8.42. The minimum Gasteiger partial charge on any atom is -0.342 e. The Morgan fingerprint density at radius 1 is 1.21 bits per heavy atom. The third-order valence-electron chi connectivity index (χ3n) is 6.14. The van der Waals surface area contributed by atoms with E-state index in [1.54, 1.807) is 0 Å². The second kappa shape index (κ2) is 6.49. The summed E-state index contributed by atoms with van der Waals surface area (Å²) in [6.45, 7) is 3.78. The number of likely N-dealkylation sites (tertiary alicyclic amines) is 1. The van der Waals surface area contributed by atoms with E-state index in [0.717, 1.165) is 44.1 Å². The molecule has 1 atom stereocenters. The monoisotopic (exact) mass is 331 g/mol. The van der Waals surface area contributed by atoms with Crippen molar-refractivity contribution in [3.05, 3.63) is 11.7 Å². The van der Waals surface area contributed by atoms with E-state index < -0.39 is 0 Å². The van der Waals surface area contributed by atoms with Crippen LogP contribution in [-0.4, -0.2) is 34.0 Å². The van der Waals surface area contributed by atoms with Crippen molar-refractivity contribution < 1.29 is 9.32 Å². The molecule has 1 aliphatic heterocycles. The van der Waals surface area contributed by atoms with Crippen LogP contribution in [0.1, 0.15) is 88.8 Å². The maximum Gasteiger partial charge on any atom is 0.234 e. The summed E-state index contributed by atoms with van der Waals surface area (Å²) in [7, 11) is 0. The van der Waals surface area contributed by atoms with Gasteiger partial charge in [0.05, 0.1) is 5.41 Å². The summed E-state index contributed by atoms with van der Waals surface area (Å²) < 4.78 is 5.59. The number of carbonyl (C=O) groups is 1. The lowest BCUT2D eigenvalue weighted by Crippen LogP contribution is -2.47. The van der Waals surface area contributed by atoms with Gasteiger partial charge >= 0.3 is 0 Å². The minimum atomic E-state index is -0.180. The molecule has 2 saturated carbocycles. The third kappa shape index (κ3) is 3.35. The zero-order valence-electron chi connectivity index (χ0n) is 14.8. The van der Waals surface area contributed by atoms with E-state index in [2.05, 4.69) is 22.0 Å². The van der Waals surface area contributed by atoms with Gasteiger partial charge in [0, 0.05) is 25.4 Å². The molecule has 0 aromatic carbocycles. The summed E-state index contributed by atoms with van der Waals surface area (Å²) in [5, 5.41) is 4.17. The van der Waals surface area contributed by atoms with E-state index in [9.17, 15) is 4.79 Å². The predicted octanol–water partition coefficient (Wildman–Crippen LogP) is 3.80. The molecule has 5 heteroatoms. The molecule has 3 aliphatic rings. The fourth-order valence-electron chi connectivity index (χ4n) is 4.38. The first-order valence-corrected chi connectivity index (χ1v) is 9.76. The normalized spacial score (nSPS) is 29.0. The Morgan fingerprint density at radius 3 is 2.75 bits per heavy atom. The van der Waals surface area contributed by atoms with E-state index in [1.807, 2.05) is 0 Å². The van der Waals surface area contributed by atoms with Gasteiger partial charge in [-0.1, -0.05) is 24.4 Å². The van der Waals surface area contributed by atoms with E-state index >= 15 is 0 Å². The molecule has 0 radical (unpaired) electrons. The molecule has 2 aliphatic carbocycles. The van der Waals surface area contributed by atoms with Crippen molar-refractivity contribution in [2.75, 3.05) is 13.1 Å². The topological polar surface area (TPSA) is 59.2 Å². The van der Waals surface area contributed by atoms with Gasteiger partial charge in [-0.2, -0.15) is 4.98 Å². The SMILES string of the molecule is C[C@]1(c2nc(C3CC3)no2)CCCN(C(=O)CC2CCCCC2)C1. The summed E-state index contributed by atoms with van der Waals surface area (Å²) in [5.74, 6) is 3.05. The number of piperidine rings is 1. The van der Waals surface area contributed by atoms with Crippen LogP contribution in [0.15, 0.2) is 4.52 Å². The van der Waals surface area contributed by atoms with E-state index in [1.165, 1.54) is 44.9 Å². The second-order valence-corrected chi connectivity index (χ2v) is 8.42. The molecule has 0 bridgehead atoms. The van der Waals surface area contributed by atoms with Gasteiger partial charge in [0.15, 0.2) is 5.82 Å². The highest BCUT2D eigenvalue weighted by atomic mass is 16.5. The van der Waals surface area contributed by atoms with Crippen molar-refractivity contribution in [2.45, 2.75) is 82.5 Å². The lowest BCUT2D eigenvalue weighted by molar-refractivity contribution is -0.134. The Kier molecular flexibility index (Phi) is 4.35. The van der Waals surface area contributed by atoms with Gasteiger partial charge in [-0.05, 0) is 51.4 Å². The third-order valence-corrected chi connectivity index (χ3v) is 6.14. The number of aromatic nitrogens is 2. The molecule has 132 valence electrons. The first-order valence-electron chi connectivity index (χ1n) is 9.76. The minimum absolute atomic E-state index is 0.180. The molecule has 4 rings (SSSR count). The number of hydrogen-bond acceptors (Lipinski definition) is 4. The van der Waals surface area contributed by atoms with Crippen molar-refractivity contribution in [2.24, 2.45) is 5.92 Å². The first kappa shape index (κ1) is 16.1. The number of nitrogens with zero attached hydrogens (tertiary/aromatic N) is 3. The summed E-state index contributed by atoms with van der Waals surface area (Å²) in [4.78, 5) is 19.5. The number of carbonyl (C=O) groups excluding carboxylic acids is 1. The predicted molar refractivity (Wildman–Crippen MR) is 90.6 cm³/mol. The molecule has 0 spiro atoms. The molecular formula is C19H29N3O2. The summed E-state index contributed by atoms with van der Waals surface area (Å²) in [6.07, 6.45) is 11.5. The lowest BCUT2D eigenvalue weighted by Gasteiger charge is -2.38. The lowest BCUT2D eigenvalue weighted by atomic mass is 9.81.